The first kappa shape index (κ1) is 21.3. The molecule has 1 N–H and O–H groups in total. The van der Waals surface area contributed by atoms with E-state index in [9.17, 15) is 9.59 Å². The Kier molecular flexibility index (Phi) is 7.62. The van der Waals surface area contributed by atoms with Crippen LogP contribution < -0.4 is 5.32 Å². The summed E-state index contributed by atoms with van der Waals surface area (Å²) >= 11 is 1.44. The van der Waals surface area contributed by atoms with Gasteiger partial charge in [-0.2, -0.15) is 0 Å². The number of rotatable bonds is 8. The number of nitrogens with one attached hydrogen (secondary N) is 1. The molecule has 2 amide bonds. The van der Waals surface area contributed by atoms with Gasteiger partial charge in [-0.05, 0) is 51.7 Å². The highest BCUT2D eigenvalue weighted by Crippen LogP contribution is 2.28. The predicted molar refractivity (Wildman–Crippen MR) is 112 cm³/mol. The van der Waals surface area contributed by atoms with E-state index in [0.29, 0.717) is 24.5 Å². The molecule has 156 valence electrons. The first-order chi connectivity index (χ1) is 14.1. The van der Waals surface area contributed by atoms with Crippen molar-refractivity contribution in [1.29, 1.82) is 0 Å². The van der Waals surface area contributed by atoms with Crippen molar-refractivity contribution in [3.05, 3.63) is 36.3 Å². The van der Waals surface area contributed by atoms with Gasteiger partial charge in [0.25, 0.3) is 5.91 Å². The van der Waals surface area contributed by atoms with E-state index in [2.05, 4.69) is 20.6 Å². The molecule has 0 bridgehead atoms. The smallest absolute Gasteiger partial charge is 0.276 e. The maximum atomic E-state index is 12.4. The average Bonchev–Trinajstić information content (AvgIpc) is 3.25. The number of carbonyl (C=O) groups is 2. The Labute approximate surface area is 175 Å². The minimum absolute atomic E-state index is 0.0389. The summed E-state index contributed by atoms with van der Waals surface area (Å²) in [4.78, 5) is 30.6. The van der Waals surface area contributed by atoms with E-state index in [0.717, 1.165) is 30.7 Å². The number of hydrogen-bond donors (Lipinski definition) is 1. The average molecular weight is 417 g/mol. The summed E-state index contributed by atoms with van der Waals surface area (Å²) in [5, 5.41) is 12.2. The van der Waals surface area contributed by atoms with Gasteiger partial charge in [-0.25, -0.2) is 9.67 Å². The van der Waals surface area contributed by atoms with Crippen LogP contribution in [0, 0.1) is 0 Å². The monoisotopic (exact) mass is 416 g/mol. The molecule has 9 heteroatoms. The number of carbonyl (C=O) groups excluding carboxylic acids is 2. The van der Waals surface area contributed by atoms with Crippen molar-refractivity contribution in [2.24, 2.45) is 0 Å². The second kappa shape index (κ2) is 10.4. The maximum Gasteiger partial charge on any atom is 0.276 e. The van der Waals surface area contributed by atoms with Gasteiger partial charge in [0.05, 0.1) is 23.0 Å². The van der Waals surface area contributed by atoms with Crippen molar-refractivity contribution in [3.63, 3.8) is 0 Å². The summed E-state index contributed by atoms with van der Waals surface area (Å²) in [5.41, 5.74) is 0.399. The lowest BCUT2D eigenvalue weighted by molar-refractivity contribution is -0.119. The van der Waals surface area contributed by atoms with E-state index < -0.39 is 0 Å². The summed E-state index contributed by atoms with van der Waals surface area (Å²) in [5.74, 6) is 0.334. The number of thioether (sulfide) groups is 1. The van der Waals surface area contributed by atoms with Gasteiger partial charge in [0.15, 0.2) is 5.69 Å². The molecule has 0 aliphatic heterocycles. The standard InChI is InChI=1S/C20H28N6O2S/c1-3-25(4-2)20(28)17-13-26(24-23-17)16-10-8-15(9-11-16)22-18(27)14-29-19-7-5-6-12-21-19/h5-7,12-13,15-16H,3-4,8-11,14H2,1-2H3,(H,22,27). The third kappa shape index (κ3) is 5.79. The summed E-state index contributed by atoms with van der Waals surface area (Å²) in [6, 6.07) is 6.08. The Balaban J connectivity index is 1.44. The van der Waals surface area contributed by atoms with Crippen molar-refractivity contribution in [3.8, 4) is 0 Å². The molecule has 2 aromatic heterocycles. The van der Waals surface area contributed by atoms with Crippen molar-refractivity contribution in [2.45, 2.75) is 56.6 Å². The summed E-state index contributed by atoms with van der Waals surface area (Å²) in [6.07, 6.45) is 7.08. The van der Waals surface area contributed by atoms with Crippen LogP contribution in [0.3, 0.4) is 0 Å². The molecule has 1 aliphatic carbocycles. The van der Waals surface area contributed by atoms with Crippen LogP contribution in [0.2, 0.25) is 0 Å². The molecule has 0 aromatic carbocycles. The van der Waals surface area contributed by atoms with Crippen LogP contribution in [-0.4, -0.2) is 61.6 Å². The second-order valence-electron chi connectivity index (χ2n) is 7.09. The zero-order valence-corrected chi connectivity index (χ0v) is 17.8. The second-order valence-corrected chi connectivity index (χ2v) is 8.09. The molecule has 1 saturated carbocycles. The van der Waals surface area contributed by atoms with Gasteiger partial charge >= 0.3 is 0 Å². The first-order valence-corrected chi connectivity index (χ1v) is 11.1. The van der Waals surface area contributed by atoms with Crippen molar-refractivity contribution >= 4 is 23.6 Å². The molecule has 0 atom stereocenters. The van der Waals surface area contributed by atoms with Crippen LogP contribution in [0.4, 0.5) is 0 Å². The molecular weight excluding hydrogens is 388 g/mol. The van der Waals surface area contributed by atoms with Gasteiger partial charge in [-0.3, -0.25) is 9.59 Å². The highest BCUT2D eigenvalue weighted by molar-refractivity contribution is 7.99. The fraction of sp³-hybridized carbons (Fsp3) is 0.550. The quantitative estimate of drug-likeness (QED) is 0.665. The van der Waals surface area contributed by atoms with E-state index >= 15 is 0 Å². The Morgan fingerprint density at radius 1 is 1.21 bits per heavy atom. The number of aromatic nitrogens is 4. The molecule has 1 fully saturated rings. The molecule has 0 radical (unpaired) electrons. The topological polar surface area (TPSA) is 93.0 Å². The third-order valence-corrected chi connectivity index (χ3v) is 6.15. The van der Waals surface area contributed by atoms with Crippen molar-refractivity contribution in [1.82, 2.24) is 30.2 Å². The largest absolute Gasteiger partial charge is 0.353 e. The molecule has 8 nitrogen and oxygen atoms in total. The minimum Gasteiger partial charge on any atom is -0.353 e. The van der Waals surface area contributed by atoms with Gasteiger partial charge in [0.1, 0.15) is 0 Å². The molecule has 2 heterocycles. The molecular formula is C20H28N6O2S. The van der Waals surface area contributed by atoms with Crippen LogP contribution >= 0.6 is 11.8 Å². The third-order valence-electron chi connectivity index (χ3n) is 5.20. The van der Waals surface area contributed by atoms with Crippen molar-refractivity contribution in [2.75, 3.05) is 18.8 Å². The van der Waals surface area contributed by atoms with Crippen molar-refractivity contribution < 1.29 is 9.59 Å². The zero-order chi connectivity index (χ0) is 20.6. The molecule has 2 aromatic rings. The Morgan fingerprint density at radius 2 is 1.97 bits per heavy atom. The maximum absolute atomic E-state index is 12.4. The van der Waals surface area contributed by atoms with Gasteiger partial charge < -0.3 is 10.2 Å². The zero-order valence-electron chi connectivity index (χ0n) is 17.0. The number of pyridine rings is 1. The Bertz CT molecular complexity index is 800. The molecule has 3 rings (SSSR count). The van der Waals surface area contributed by atoms with Gasteiger partial charge in [-0.1, -0.05) is 23.0 Å². The van der Waals surface area contributed by atoms with Gasteiger partial charge in [-0.15, -0.1) is 5.10 Å². The molecule has 0 saturated heterocycles. The number of hydrogen-bond acceptors (Lipinski definition) is 6. The van der Waals surface area contributed by atoms with E-state index in [1.54, 1.807) is 17.3 Å². The van der Waals surface area contributed by atoms with Crippen LogP contribution in [0.15, 0.2) is 35.6 Å². The van der Waals surface area contributed by atoms with E-state index in [1.807, 2.05) is 36.7 Å². The summed E-state index contributed by atoms with van der Waals surface area (Å²) in [7, 11) is 0. The number of amides is 2. The lowest BCUT2D eigenvalue weighted by Crippen LogP contribution is -2.39. The number of nitrogens with zero attached hydrogens (tertiary/aromatic N) is 5. The van der Waals surface area contributed by atoms with Gasteiger partial charge in [0, 0.05) is 25.3 Å². The van der Waals surface area contributed by atoms with Crippen LogP contribution in [-0.2, 0) is 4.79 Å². The fourth-order valence-corrected chi connectivity index (χ4v) is 4.22. The molecule has 1 aliphatic rings. The predicted octanol–water partition coefficient (Wildman–Crippen LogP) is 2.55. The molecule has 29 heavy (non-hydrogen) atoms. The lowest BCUT2D eigenvalue weighted by atomic mass is 9.91. The highest BCUT2D eigenvalue weighted by atomic mass is 32.2. The van der Waals surface area contributed by atoms with Crippen LogP contribution in [0.25, 0.3) is 0 Å². The minimum atomic E-state index is -0.0763. The van der Waals surface area contributed by atoms with E-state index in [-0.39, 0.29) is 23.9 Å². The SMILES string of the molecule is CCN(CC)C(=O)c1cn(C2CCC(NC(=O)CSc3ccccn3)CC2)nn1. The first-order valence-electron chi connectivity index (χ1n) is 10.1. The van der Waals surface area contributed by atoms with E-state index in [1.165, 1.54) is 11.8 Å². The fourth-order valence-electron chi connectivity index (χ4n) is 3.55. The van der Waals surface area contributed by atoms with Crippen LogP contribution in [0.1, 0.15) is 56.1 Å². The molecule has 0 spiro atoms. The Morgan fingerprint density at radius 3 is 2.62 bits per heavy atom. The Hall–Kier alpha value is -2.42. The summed E-state index contributed by atoms with van der Waals surface area (Å²) in [6.45, 7) is 5.23. The van der Waals surface area contributed by atoms with Crippen LogP contribution in [0.5, 0.6) is 0 Å². The summed E-state index contributed by atoms with van der Waals surface area (Å²) < 4.78 is 1.81. The van der Waals surface area contributed by atoms with E-state index in [4.69, 9.17) is 0 Å². The molecule has 0 unspecified atom stereocenters. The lowest BCUT2D eigenvalue weighted by Gasteiger charge is -2.28. The highest BCUT2D eigenvalue weighted by Gasteiger charge is 2.25. The normalized spacial score (nSPS) is 19.0. The van der Waals surface area contributed by atoms with Gasteiger partial charge in [0.2, 0.25) is 5.91 Å².